The molecule has 7 heteroatoms. The van der Waals surface area contributed by atoms with Gasteiger partial charge in [0.25, 0.3) is 0 Å². The second-order valence-electron chi connectivity index (χ2n) is 5.08. The molecule has 0 saturated carbocycles. The van der Waals surface area contributed by atoms with Gasteiger partial charge in [0, 0.05) is 6.54 Å². The second kappa shape index (κ2) is 7.21. The number of quaternary nitrogens is 1. The van der Waals surface area contributed by atoms with Gasteiger partial charge in [-0.15, -0.1) is 0 Å². The standard InChI is InChI=1S/C12H18BNO2S.2Li/c1-2-3-5-14-6-8-15-13(14,16-9-7-14)12-4-10-17-11-12;;/h4H,2-3,5-9H2,1H3;;/q-2;2*+1. The van der Waals surface area contributed by atoms with Crippen LogP contribution in [0.3, 0.4) is 0 Å². The Morgan fingerprint density at radius 1 is 1.32 bits per heavy atom. The van der Waals surface area contributed by atoms with E-state index in [0.29, 0.717) is 0 Å². The van der Waals surface area contributed by atoms with E-state index in [2.05, 4.69) is 17.7 Å². The summed E-state index contributed by atoms with van der Waals surface area (Å²) in [4.78, 5) is 0. The molecule has 1 aromatic heterocycles. The van der Waals surface area contributed by atoms with Crippen LogP contribution in [0.4, 0.5) is 0 Å². The molecule has 3 heterocycles. The minimum absolute atomic E-state index is 0. The van der Waals surface area contributed by atoms with Crippen molar-refractivity contribution in [3.05, 3.63) is 16.8 Å². The number of unbranched alkanes of at least 4 members (excludes halogenated alkanes) is 1. The van der Waals surface area contributed by atoms with Crippen LogP contribution in [-0.2, 0) is 9.31 Å². The van der Waals surface area contributed by atoms with Gasteiger partial charge >= 0.3 is 44.4 Å². The summed E-state index contributed by atoms with van der Waals surface area (Å²) in [6.45, 7) is 5.89. The smallest absolute Gasteiger partial charge is 0.508 e. The van der Waals surface area contributed by atoms with Crippen molar-refractivity contribution in [3.8, 4) is 0 Å². The quantitative estimate of drug-likeness (QED) is 0.402. The molecule has 0 unspecified atom stereocenters. The Balaban J connectivity index is 0.000000902. The Labute approximate surface area is 144 Å². The van der Waals surface area contributed by atoms with Crippen molar-refractivity contribution in [2.75, 3.05) is 32.8 Å². The van der Waals surface area contributed by atoms with Crippen molar-refractivity contribution in [3.63, 3.8) is 0 Å². The molecule has 0 atom stereocenters. The van der Waals surface area contributed by atoms with E-state index in [1.54, 1.807) is 0 Å². The fourth-order valence-corrected chi connectivity index (χ4v) is 3.91. The van der Waals surface area contributed by atoms with Crippen LogP contribution in [0.2, 0.25) is 0 Å². The summed E-state index contributed by atoms with van der Waals surface area (Å²) < 4.78 is 13.1. The number of thiophene rings is 1. The van der Waals surface area contributed by atoms with Gasteiger partial charge in [0.05, 0.1) is 26.3 Å². The Bertz CT molecular complexity index is 381. The molecule has 0 N–H and O–H groups in total. The number of nitrogens with zero attached hydrogens (tertiary/aromatic N) is 1. The van der Waals surface area contributed by atoms with Crippen molar-refractivity contribution in [1.29, 1.82) is 0 Å². The Morgan fingerprint density at radius 3 is 2.53 bits per heavy atom. The zero-order valence-corrected chi connectivity index (χ0v) is 13.1. The van der Waals surface area contributed by atoms with Gasteiger partial charge in [-0.3, -0.25) is 0 Å². The molecule has 0 amide bonds. The first kappa shape index (κ1) is 17.9. The molecule has 0 aromatic carbocycles. The van der Waals surface area contributed by atoms with E-state index in [9.17, 15) is 0 Å². The van der Waals surface area contributed by atoms with E-state index in [1.165, 1.54) is 30.7 Å². The zero-order valence-electron chi connectivity index (χ0n) is 12.3. The summed E-state index contributed by atoms with van der Waals surface area (Å²) in [6.07, 6.45) is 2.47. The van der Waals surface area contributed by atoms with Crippen LogP contribution in [0.25, 0.3) is 0 Å². The van der Waals surface area contributed by atoms with Gasteiger partial charge in [-0.2, -0.15) is 0 Å². The summed E-state index contributed by atoms with van der Waals surface area (Å²) in [7, 11) is 0. The van der Waals surface area contributed by atoms with E-state index < -0.39 is 6.69 Å². The minimum Gasteiger partial charge on any atom is -0.508 e. The number of fused-ring (bicyclic) bond motifs is 1. The third-order valence-electron chi connectivity index (χ3n) is 4.27. The Morgan fingerprint density at radius 2 is 2.00 bits per heavy atom. The fourth-order valence-electron chi connectivity index (χ4n) is 3.34. The maximum atomic E-state index is 6.08. The van der Waals surface area contributed by atoms with Gasteiger partial charge in [0.2, 0.25) is 0 Å². The molecule has 2 aliphatic heterocycles. The van der Waals surface area contributed by atoms with Crippen LogP contribution in [0.5, 0.6) is 0 Å². The van der Waals surface area contributed by atoms with Gasteiger partial charge in [-0.05, 0) is 6.42 Å². The first-order valence-electron chi connectivity index (χ1n) is 6.49. The van der Waals surface area contributed by atoms with Crippen LogP contribution < -0.4 is 43.2 Å². The number of hydrogen-bond donors (Lipinski definition) is 0. The summed E-state index contributed by atoms with van der Waals surface area (Å²) in [5.74, 6) is 0. The molecule has 2 fully saturated rings. The SMILES string of the molecule is CCCC[N+]12CCO[B-]1(c1[c-]s[c-]c1)OCC2.[Li+].[Li+]. The van der Waals surface area contributed by atoms with Gasteiger partial charge in [-0.1, -0.05) is 13.3 Å². The third kappa shape index (κ3) is 2.78. The molecule has 0 bridgehead atoms. The van der Waals surface area contributed by atoms with Crippen LogP contribution in [0.1, 0.15) is 19.8 Å². The summed E-state index contributed by atoms with van der Waals surface area (Å²) in [6, 6.07) is 2.00. The average molecular weight is 265 g/mol. The third-order valence-corrected chi connectivity index (χ3v) is 4.85. The van der Waals surface area contributed by atoms with Crippen molar-refractivity contribution in [2.45, 2.75) is 19.8 Å². The predicted molar refractivity (Wildman–Crippen MR) is 69.1 cm³/mol. The molecule has 1 aromatic rings. The molecule has 0 spiro atoms. The van der Waals surface area contributed by atoms with E-state index >= 15 is 0 Å². The van der Waals surface area contributed by atoms with Gasteiger partial charge < -0.3 is 47.3 Å². The second-order valence-corrected chi connectivity index (χ2v) is 5.72. The van der Waals surface area contributed by atoms with E-state index in [-0.39, 0.29) is 37.7 Å². The van der Waals surface area contributed by atoms with Gasteiger partial charge in [-0.25, -0.2) is 0 Å². The van der Waals surface area contributed by atoms with Crippen molar-refractivity contribution in [2.24, 2.45) is 0 Å². The van der Waals surface area contributed by atoms with Crippen molar-refractivity contribution >= 4 is 23.5 Å². The Kier molecular flexibility index (Phi) is 6.79. The van der Waals surface area contributed by atoms with Crippen molar-refractivity contribution < 1.29 is 51.4 Å². The molecule has 94 valence electrons. The maximum absolute atomic E-state index is 6.08. The molecule has 3 nitrogen and oxygen atoms in total. The largest absolute Gasteiger partial charge is 1.00 e. The average Bonchev–Trinajstić information content (AvgIpc) is 3.00. The molecule has 2 aliphatic rings. The summed E-state index contributed by atoms with van der Waals surface area (Å²) in [5.41, 5.74) is 1.10. The maximum Gasteiger partial charge on any atom is 1.00 e. The molecule has 19 heavy (non-hydrogen) atoms. The van der Waals surface area contributed by atoms with E-state index in [1.807, 2.05) is 6.07 Å². The van der Waals surface area contributed by atoms with E-state index in [4.69, 9.17) is 9.31 Å². The molecular weight excluding hydrogens is 247 g/mol. The van der Waals surface area contributed by atoms with Crippen LogP contribution in [0, 0.1) is 10.8 Å². The fraction of sp³-hybridized carbons (Fsp3) is 0.667. The predicted octanol–water partition coefficient (Wildman–Crippen LogP) is -4.82. The number of rotatable bonds is 4. The van der Waals surface area contributed by atoms with Crippen molar-refractivity contribution in [1.82, 2.24) is 0 Å². The summed E-state index contributed by atoms with van der Waals surface area (Å²) >= 11 is 1.49. The van der Waals surface area contributed by atoms with E-state index in [0.717, 1.165) is 36.2 Å². The van der Waals surface area contributed by atoms with Gasteiger partial charge in [0.15, 0.2) is 0 Å². The van der Waals surface area contributed by atoms with Crippen LogP contribution in [-0.4, -0.2) is 43.9 Å². The summed E-state index contributed by atoms with van der Waals surface area (Å²) in [5, 5.41) is 6.41. The zero-order chi connectivity index (χ0) is 11.8. The molecule has 2 saturated heterocycles. The van der Waals surface area contributed by atoms with Crippen LogP contribution >= 0.6 is 11.3 Å². The molecule has 0 radical (unpaired) electrons. The van der Waals surface area contributed by atoms with Gasteiger partial charge in [0.1, 0.15) is 0 Å². The number of hydrogen-bond acceptors (Lipinski definition) is 3. The normalized spacial score (nSPS) is 32.5. The minimum atomic E-state index is -1.32. The molecular formula is C12H18BLi2NO2S. The molecule has 0 aliphatic carbocycles. The molecule has 3 rings (SSSR count). The topological polar surface area (TPSA) is 18.5 Å². The Hall–Kier alpha value is 0.840. The first-order valence-corrected chi connectivity index (χ1v) is 7.30. The monoisotopic (exact) mass is 265 g/mol. The van der Waals surface area contributed by atoms with Crippen LogP contribution in [0.15, 0.2) is 6.07 Å². The first-order chi connectivity index (χ1) is 8.33.